The van der Waals surface area contributed by atoms with Crippen LogP contribution >= 0.6 is 0 Å². The lowest BCUT2D eigenvalue weighted by molar-refractivity contribution is -0.108. The maximum absolute atomic E-state index is 11.8. The van der Waals surface area contributed by atoms with E-state index in [2.05, 4.69) is 5.32 Å². The maximum atomic E-state index is 11.8. The largest absolute Gasteiger partial charge is 0.445 e. The number of carbonyl (C=O) groups is 2. The standard InChI is InChI=1S/C18H19NO3/c20-12-11-17(13-15-7-3-1-4-8-15)19-18(21)22-14-16-9-5-2-6-10-16/h1-10,12,17H,11,13-14H2,(H,19,21). The van der Waals surface area contributed by atoms with E-state index in [9.17, 15) is 9.59 Å². The van der Waals surface area contributed by atoms with Crippen molar-refractivity contribution in [1.29, 1.82) is 0 Å². The molecular weight excluding hydrogens is 278 g/mol. The molecule has 2 aromatic rings. The number of nitrogens with one attached hydrogen (secondary N) is 1. The molecule has 0 aliphatic carbocycles. The second-order valence-electron chi connectivity index (χ2n) is 5.00. The van der Waals surface area contributed by atoms with Crippen molar-refractivity contribution in [3.63, 3.8) is 0 Å². The van der Waals surface area contributed by atoms with Crippen molar-refractivity contribution >= 4 is 12.4 Å². The Morgan fingerprint density at radius 1 is 1.00 bits per heavy atom. The molecule has 4 heteroatoms. The molecule has 0 fully saturated rings. The van der Waals surface area contributed by atoms with E-state index in [1.165, 1.54) is 0 Å². The Bertz CT molecular complexity index is 584. The third kappa shape index (κ3) is 5.40. The lowest BCUT2D eigenvalue weighted by atomic mass is 10.0. The molecule has 1 amide bonds. The van der Waals surface area contributed by atoms with Crippen LogP contribution in [0.2, 0.25) is 0 Å². The average molecular weight is 297 g/mol. The normalized spacial score (nSPS) is 11.5. The summed E-state index contributed by atoms with van der Waals surface area (Å²) in [5, 5.41) is 2.74. The summed E-state index contributed by atoms with van der Waals surface area (Å²) in [5.41, 5.74) is 1.99. The Labute approximate surface area is 130 Å². The molecule has 0 saturated carbocycles. The van der Waals surface area contributed by atoms with Gasteiger partial charge in [-0.25, -0.2) is 4.79 Å². The molecule has 114 valence electrons. The molecule has 0 aromatic heterocycles. The number of rotatable bonds is 7. The molecule has 0 radical (unpaired) electrons. The van der Waals surface area contributed by atoms with Gasteiger partial charge in [-0.05, 0) is 17.5 Å². The molecule has 2 rings (SSSR count). The average Bonchev–Trinajstić information content (AvgIpc) is 2.55. The van der Waals surface area contributed by atoms with E-state index in [1.54, 1.807) is 0 Å². The van der Waals surface area contributed by atoms with Crippen molar-refractivity contribution in [3.05, 3.63) is 71.8 Å². The lowest BCUT2D eigenvalue weighted by Gasteiger charge is -2.16. The van der Waals surface area contributed by atoms with E-state index >= 15 is 0 Å². The van der Waals surface area contributed by atoms with Gasteiger partial charge in [0.15, 0.2) is 0 Å². The lowest BCUT2D eigenvalue weighted by Crippen LogP contribution is -2.37. The number of amides is 1. The van der Waals surface area contributed by atoms with Gasteiger partial charge < -0.3 is 14.8 Å². The molecule has 1 unspecified atom stereocenters. The fourth-order valence-corrected chi connectivity index (χ4v) is 2.14. The molecule has 0 heterocycles. The Balaban J connectivity index is 1.84. The first-order valence-electron chi connectivity index (χ1n) is 7.22. The number of carbonyl (C=O) groups excluding carboxylic acids is 2. The van der Waals surface area contributed by atoms with Crippen molar-refractivity contribution < 1.29 is 14.3 Å². The highest BCUT2D eigenvalue weighted by Crippen LogP contribution is 2.06. The molecule has 22 heavy (non-hydrogen) atoms. The summed E-state index contributed by atoms with van der Waals surface area (Å²) in [6.07, 6.45) is 1.16. The zero-order chi connectivity index (χ0) is 15.6. The van der Waals surface area contributed by atoms with Crippen LogP contribution in [0.15, 0.2) is 60.7 Å². The minimum absolute atomic E-state index is 0.214. The number of alkyl carbamates (subject to hydrolysis) is 1. The van der Waals surface area contributed by atoms with Crippen LogP contribution in [0.3, 0.4) is 0 Å². The predicted molar refractivity (Wildman–Crippen MR) is 84.4 cm³/mol. The first kappa shape index (κ1) is 15.8. The topological polar surface area (TPSA) is 55.4 Å². The molecule has 0 aliphatic rings. The van der Waals surface area contributed by atoms with Crippen LogP contribution in [0.1, 0.15) is 17.5 Å². The van der Waals surface area contributed by atoms with Crippen molar-refractivity contribution in [2.24, 2.45) is 0 Å². The molecule has 1 atom stereocenters. The van der Waals surface area contributed by atoms with E-state index in [0.717, 1.165) is 17.4 Å². The molecule has 0 aliphatic heterocycles. The first-order chi connectivity index (χ1) is 10.8. The zero-order valence-electron chi connectivity index (χ0n) is 12.3. The van der Waals surface area contributed by atoms with Gasteiger partial charge in [-0.2, -0.15) is 0 Å². The summed E-state index contributed by atoms with van der Waals surface area (Å²) < 4.78 is 5.18. The van der Waals surface area contributed by atoms with Gasteiger partial charge in [-0.1, -0.05) is 60.7 Å². The van der Waals surface area contributed by atoms with Gasteiger partial charge in [0.05, 0.1) is 0 Å². The second-order valence-corrected chi connectivity index (χ2v) is 5.00. The number of hydrogen-bond acceptors (Lipinski definition) is 3. The molecule has 1 N–H and O–H groups in total. The third-order valence-electron chi connectivity index (χ3n) is 3.24. The SMILES string of the molecule is O=CCC(Cc1ccccc1)NC(=O)OCc1ccccc1. The Hall–Kier alpha value is -2.62. The second kappa shape index (κ2) is 8.62. The number of hydrogen-bond donors (Lipinski definition) is 1. The van der Waals surface area contributed by atoms with Gasteiger partial charge in [-0.15, -0.1) is 0 Å². The fourth-order valence-electron chi connectivity index (χ4n) is 2.14. The zero-order valence-corrected chi connectivity index (χ0v) is 12.3. The molecule has 2 aromatic carbocycles. The third-order valence-corrected chi connectivity index (χ3v) is 3.24. The maximum Gasteiger partial charge on any atom is 0.407 e. The quantitative estimate of drug-likeness (QED) is 0.799. The number of aldehydes is 1. The Morgan fingerprint density at radius 3 is 2.18 bits per heavy atom. The van der Waals surface area contributed by atoms with Crippen molar-refractivity contribution in [1.82, 2.24) is 5.32 Å². The highest BCUT2D eigenvalue weighted by Gasteiger charge is 2.13. The molecule has 4 nitrogen and oxygen atoms in total. The van der Waals surface area contributed by atoms with E-state index in [0.29, 0.717) is 6.42 Å². The summed E-state index contributed by atoms with van der Waals surface area (Å²) >= 11 is 0. The van der Waals surface area contributed by atoms with Gasteiger partial charge in [0, 0.05) is 12.5 Å². The van der Waals surface area contributed by atoms with Crippen LogP contribution < -0.4 is 5.32 Å². The Morgan fingerprint density at radius 2 is 1.59 bits per heavy atom. The molecule has 0 bridgehead atoms. The van der Waals surface area contributed by atoms with E-state index in [1.807, 2.05) is 60.7 Å². The van der Waals surface area contributed by atoms with Gasteiger partial charge >= 0.3 is 6.09 Å². The van der Waals surface area contributed by atoms with Crippen LogP contribution in [0.25, 0.3) is 0 Å². The van der Waals surface area contributed by atoms with E-state index < -0.39 is 6.09 Å². The monoisotopic (exact) mass is 297 g/mol. The van der Waals surface area contributed by atoms with E-state index in [4.69, 9.17) is 4.74 Å². The Kier molecular flexibility index (Phi) is 6.18. The number of ether oxygens (including phenoxy) is 1. The van der Waals surface area contributed by atoms with Crippen molar-refractivity contribution in [3.8, 4) is 0 Å². The van der Waals surface area contributed by atoms with Crippen LogP contribution in [0.5, 0.6) is 0 Å². The van der Waals surface area contributed by atoms with Gasteiger partial charge in [-0.3, -0.25) is 0 Å². The predicted octanol–water partition coefficient (Wildman–Crippen LogP) is 3.11. The van der Waals surface area contributed by atoms with E-state index in [-0.39, 0.29) is 19.1 Å². The minimum Gasteiger partial charge on any atom is -0.445 e. The highest BCUT2D eigenvalue weighted by molar-refractivity contribution is 5.68. The highest BCUT2D eigenvalue weighted by atomic mass is 16.5. The van der Waals surface area contributed by atoms with Crippen molar-refractivity contribution in [2.45, 2.75) is 25.5 Å². The van der Waals surface area contributed by atoms with Crippen LogP contribution in [0.4, 0.5) is 4.79 Å². The molecule has 0 spiro atoms. The summed E-state index contributed by atoms with van der Waals surface area (Å²) in [6.45, 7) is 0.214. The molecule has 0 saturated heterocycles. The van der Waals surface area contributed by atoms with Gasteiger partial charge in [0.25, 0.3) is 0 Å². The van der Waals surface area contributed by atoms with Crippen LogP contribution in [-0.4, -0.2) is 18.4 Å². The summed E-state index contributed by atoms with van der Waals surface area (Å²) in [5.74, 6) is 0. The van der Waals surface area contributed by atoms with Crippen LogP contribution in [0, 0.1) is 0 Å². The van der Waals surface area contributed by atoms with Gasteiger partial charge in [0.1, 0.15) is 12.9 Å². The molecular formula is C18H19NO3. The summed E-state index contributed by atoms with van der Waals surface area (Å²) in [7, 11) is 0. The van der Waals surface area contributed by atoms with Crippen LogP contribution in [-0.2, 0) is 22.6 Å². The summed E-state index contributed by atoms with van der Waals surface area (Å²) in [4.78, 5) is 22.6. The smallest absolute Gasteiger partial charge is 0.407 e. The minimum atomic E-state index is -0.508. The number of benzene rings is 2. The fraction of sp³-hybridized carbons (Fsp3) is 0.222. The summed E-state index contributed by atoms with van der Waals surface area (Å²) in [6, 6.07) is 18.9. The van der Waals surface area contributed by atoms with Gasteiger partial charge in [0.2, 0.25) is 0 Å². The van der Waals surface area contributed by atoms with Crippen molar-refractivity contribution in [2.75, 3.05) is 0 Å². The first-order valence-corrected chi connectivity index (χ1v) is 7.22.